The molecule has 0 aliphatic rings. The number of aromatic amines is 1. The van der Waals surface area contributed by atoms with E-state index >= 15 is 0 Å². The van der Waals surface area contributed by atoms with Gasteiger partial charge >= 0.3 is 6.18 Å². The van der Waals surface area contributed by atoms with E-state index in [1.165, 1.54) is 11.6 Å². The lowest BCUT2D eigenvalue weighted by molar-refractivity contribution is -0.144. The Hall–Kier alpha value is -2.73. The minimum absolute atomic E-state index is 0.0171. The molecule has 1 aromatic carbocycles. The summed E-state index contributed by atoms with van der Waals surface area (Å²) >= 11 is 8.32. The van der Waals surface area contributed by atoms with Crippen molar-refractivity contribution in [2.24, 2.45) is 7.05 Å². The Morgan fingerprint density at radius 3 is 2.53 bits per heavy atom. The third kappa shape index (κ3) is 3.72. The quantitative estimate of drug-likeness (QED) is 0.416. The third-order valence-corrected chi connectivity index (χ3v) is 5.51. The van der Waals surface area contributed by atoms with Gasteiger partial charge in [-0.2, -0.15) is 28.5 Å². The molecule has 0 saturated heterocycles. The van der Waals surface area contributed by atoms with Crippen molar-refractivity contribution in [3.05, 3.63) is 62.7 Å². The van der Waals surface area contributed by atoms with Gasteiger partial charge in [0.15, 0.2) is 16.3 Å². The first kappa shape index (κ1) is 20.5. The molecule has 0 aliphatic heterocycles. The lowest BCUT2D eigenvalue weighted by atomic mass is 10.1. The molecule has 4 aromatic rings. The maximum atomic E-state index is 13.3. The van der Waals surface area contributed by atoms with Gasteiger partial charge in [-0.1, -0.05) is 29.8 Å². The number of hydrogen-bond acceptors (Lipinski definition) is 4. The van der Waals surface area contributed by atoms with E-state index in [1.54, 1.807) is 17.1 Å². The van der Waals surface area contributed by atoms with Crippen LogP contribution in [-0.2, 0) is 19.8 Å². The summed E-state index contributed by atoms with van der Waals surface area (Å²) in [6.07, 6.45) is -1.25. The van der Waals surface area contributed by atoms with Crippen LogP contribution in [-0.4, -0.2) is 34.3 Å². The van der Waals surface area contributed by atoms with Crippen LogP contribution >= 0.6 is 28.1 Å². The van der Waals surface area contributed by atoms with E-state index in [-0.39, 0.29) is 20.8 Å². The Morgan fingerprint density at radius 1 is 1.20 bits per heavy atom. The van der Waals surface area contributed by atoms with Gasteiger partial charge in [-0.05, 0) is 40.6 Å². The highest BCUT2D eigenvalue weighted by Gasteiger charge is 2.39. The Balaban J connectivity index is 1.74. The second kappa shape index (κ2) is 7.51. The largest absolute Gasteiger partial charge is 0.434 e. The van der Waals surface area contributed by atoms with Gasteiger partial charge < -0.3 is 0 Å². The van der Waals surface area contributed by atoms with Crippen LogP contribution in [0.1, 0.15) is 16.8 Å². The number of nitrogens with one attached hydrogen (secondary N) is 1. The zero-order chi connectivity index (χ0) is 21.6. The zero-order valence-corrected chi connectivity index (χ0v) is 18.2. The van der Waals surface area contributed by atoms with Crippen LogP contribution in [0.2, 0.25) is 0 Å². The third-order valence-electron chi connectivity index (χ3n) is 4.49. The molecule has 0 fully saturated rings. The number of aryl methyl sites for hydroxylation is 2. The molecule has 0 amide bonds. The average molecular weight is 498 g/mol. The standard InChI is InChI=1S/C18H15BrF3N7S/c1-10-3-5-11(6-4-10)8-28-9-12(7-23-28)29-16(24-25-17(29)30)14-13(19)15(18(20,21)22)27(2)26-14/h3-7,9H,8H2,1-2H3,(H,25,30). The molecular weight excluding hydrogens is 483 g/mol. The molecule has 12 heteroatoms. The predicted octanol–water partition coefficient (Wildman–Crippen LogP) is 4.66. The van der Waals surface area contributed by atoms with Gasteiger partial charge in [-0.3, -0.25) is 19.0 Å². The minimum atomic E-state index is -4.57. The fourth-order valence-corrected chi connectivity index (χ4v) is 4.05. The highest BCUT2D eigenvalue weighted by molar-refractivity contribution is 9.10. The van der Waals surface area contributed by atoms with E-state index in [0.29, 0.717) is 12.2 Å². The maximum Gasteiger partial charge on any atom is 0.434 e. The first-order valence-electron chi connectivity index (χ1n) is 8.71. The molecule has 0 saturated carbocycles. The average Bonchev–Trinajstić information content (AvgIpc) is 3.33. The number of halogens is 4. The summed E-state index contributed by atoms with van der Waals surface area (Å²) in [6, 6.07) is 8.05. The van der Waals surface area contributed by atoms with Crippen LogP contribution in [0.5, 0.6) is 0 Å². The predicted molar refractivity (Wildman–Crippen MR) is 110 cm³/mol. The number of hydrogen-bond donors (Lipinski definition) is 1. The molecule has 3 aromatic heterocycles. The fraction of sp³-hybridized carbons (Fsp3) is 0.222. The number of alkyl halides is 3. The maximum absolute atomic E-state index is 13.3. The fourth-order valence-electron chi connectivity index (χ4n) is 3.08. The van der Waals surface area contributed by atoms with Crippen molar-refractivity contribution in [1.29, 1.82) is 0 Å². The van der Waals surface area contributed by atoms with Crippen LogP contribution in [0, 0.1) is 11.7 Å². The van der Waals surface area contributed by atoms with Crippen LogP contribution in [0.3, 0.4) is 0 Å². The normalized spacial score (nSPS) is 11.9. The minimum Gasteiger partial charge on any atom is -0.266 e. The number of H-pyrrole nitrogens is 1. The summed E-state index contributed by atoms with van der Waals surface area (Å²) in [5.74, 6) is 0.146. The molecule has 156 valence electrons. The van der Waals surface area contributed by atoms with E-state index in [2.05, 4.69) is 36.3 Å². The number of nitrogens with zero attached hydrogens (tertiary/aromatic N) is 6. The van der Waals surface area contributed by atoms with Crippen molar-refractivity contribution < 1.29 is 13.2 Å². The van der Waals surface area contributed by atoms with E-state index in [4.69, 9.17) is 12.2 Å². The van der Waals surface area contributed by atoms with Gasteiger partial charge in [-0.25, -0.2) is 0 Å². The molecule has 0 unspecified atom stereocenters. The molecule has 0 spiro atoms. The molecule has 0 bridgehead atoms. The highest BCUT2D eigenvalue weighted by Crippen LogP contribution is 2.39. The van der Waals surface area contributed by atoms with Gasteiger partial charge in [0.25, 0.3) is 0 Å². The summed E-state index contributed by atoms with van der Waals surface area (Å²) in [4.78, 5) is 0. The van der Waals surface area contributed by atoms with Crippen LogP contribution in [0.25, 0.3) is 17.2 Å². The zero-order valence-electron chi connectivity index (χ0n) is 15.8. The SMILES string of the molecule is Cc1ccc(Cn2cc(-n3c(-c4nn(C)c(C(F)(F)F)c4Br)n[nH]c3=S)cn2)cc1. The Morgan fingerprint density at radius 2 is 1.90 bits per heavy atom. The molecule has 1 N–H and O–H groups in total. The van der Waals surface area contributed by atoms with Crippen molar-refractivity contribution >= 4 is 28.1 Å². The van der Waals surface area contributed by atoms with Gasteiger partial charge in [0.2, 0.25) is 0 Å². The summed E-state index contributed by atoms with van der Waals surface area (Å²) in [5, 5.41) is 15.1. The lowest BCUT2D eigenvalue weighted by Crippen LogP contribution is -2.12. The van der Waals surface area contributed by atoms with E-state index < -0.39 is 11.9 Å². The van der Waals surface area contributed by atoms with Crippen LogP contribution in [0.15, 0.2) is 41.1 Å². The van der Waals surface area contributed by atoms with E-state index in [9.17, 15) is 13.2 Å². The lowest BCUT2D eigenvalue weighted by Gasteiger charge is -2.06. The second-order valence-corrected chi connectivity index (χ2v) is 7.88. The molecule has 3 heterocycles. The Bertz CT molecular complexity index is 1260. The molecule has 0 atom stereocenters. The van der Waals surface area contributed by atoms with Crippen molar-refractivity contribution in [2.45, 2.75) is 19.6 Å². The van der Waals surface area contributed by atoms with Crippen molar-refractivity contribution in [3.8, 4) is 17.2 Å². The Labute approximate surface area is 182 Å². The topological polar surface area (TPSA) is 69.2 Å². The monoisotopic (exact) mass is 497 g/mol. The van der Waals surface area contributed by atoms with Gasteiger partial charge in [-0.15, -0.1) is 0 Å². The van der Waals surface area contributed by atoms with Crippen molar-refractivity contribution in [1.82, 2.24) is 34.3 Å². The van der Waals surface area contributed by atoms with Crippen LogP contribution < -0.4 is 0 Å². The summed E-state index contributed by atoms with van der Waals surface area (Å²) in [6.45, 7) is 2.55. The molecule has 0 radical (unpaired) electrons. The first-order valence-corrected chi connectivity index (χ1v) is 9.91. The smallest absolute Gasteiger partial charge is 0.266 e. The highest BCUT2D eigenvalue weighted by atomic mass is 79.9. The van der Waals surface area contributed by atoms with Crippen molar-refractivity contribution in [3.63, 3.8) is 0 Å². The molecule has 0 aliphatic carbocycles. The summed E-state index contributed by atoms with van der Waals surface area (Å²) < 4.78 is 44.0. The summed E-state index contributed by atoms with van der Waals surface area (Å²) in [5.41, 5.74) is 1.89. The second-order valence-electron chi connectivity index (χ2n) is 6.70. The molecule has 30 heavy (non-hydrogen) atoms. The first-order chi connectivity index (χ1) is 14.1. The van der Waals surface area contributed by atoms with E-state index in [0.717, 1.165) is 15.8 Å². The summed E-state index contributed by atoms with van der Waals surface area (Å²) in [7, 11) is 1.22. The van der Waals surface area contributed by atoms with Gasteiger partial charge in [0, 0.05) is 13.2 Å². The number of benzene rings is 1. The van der Waals surface area contributed by atoms with Crippen LogP contribution in [0.4, 0.5) is 13.2 Å². The molecule has 7 nitrogen and oxygen atoms in total. The van der Waals surface area contributed by atoms with Crippen molar-refractivity contribution in [2.75, 3.05) is 0 Å². The number of aromatic nitrogens is 7. The molecule has 4 rings (SSSR count). The molecular formula is C18H15BrF3N7S. The van der Waals surface area contributed by atoms with E-state index in [1.807, 2.05) is 31.2 Å². The number of rotatable bonds is 4. The van der Waals surface area contributed by atoms with Gasteiger partial charge in [0.05, 0.1) is 22.9 Å². The Kier molecular flexibility index (Phi) is 5.14. The van der Waals surface area contributed by atoms with Gasteiger partial charge in [0.1, 0.15) is 5.69 Å².